The Labute approximate surface area is 140 Å². The van der Waals surface area contributed by atoms with Gasteiger partial charge in [-0.05, 0) is 18.4 Å². The summed E-state index contributed by atoms with van der Waals surface area (Å²) in [5, 5.41) is 3.34. The number of anilines is 1. The molecule has 1 aliphatic rings. The number of halogens is 2. The second-order valence-corrected chi connectivity index (χ2v) is 6.35. The molecule has 2 heterocycles. The Morgan fingerprint density at radius 3 is 2.78 bits per heavy atom. The van der Waals surface area contributed by atoms with Crippen molar-refractivity contribution in [3.05, 3.63) is 50.5 Å². The minimum atomic E-state index is -0.755. The molecule has 2 aromatic rings. The molecule has 120 valence electrons. The Bertz CT molecular complexity index is 848. The number of hydrogen-bond acceptors (Lipinski definition) is 4. The number of thioether (sulfide) groups is 1. The Balaban J connectivity index is 2.30. The Morgan fingerprint density at radius 2 is 2.13 bits per heavy atom. The smallest absolute Gasteiger partial charge is 0.279 e. The first kappa shape index (κ1) is 16.0. The average Bonchev–Trinajstić information content (AvgIpc) is 2.50. The predicted molar refractivity (Wildman–Crippen MR) is 87.8 cm³/mol. The number of nitrogens with zero attached hydrogens (tertiary/aromatic N) is 2. The van der Waals surface area contributed by atoms with Crippen molar-refractivity contribution in [3.63, 3.8) is 0 Å². The number of hydrogen-bond donors (Lipinski definition) is 1. The van der Waals surface area contributed by atoms with Crippen molar-refractivity contribution in [2.45, 2.75) is 17.5 Å². The molecule has 1 aliphatic heterocycles. The summed E-state index contributed by atoms with van der Waals surface area (Å²) in [6.45, 7) is 0. The summed E-state index contributed by atoms with van der Waals surface area (Å²) < 4.78 is 15.9. The summed E-state index contributed by atoms with van der Waals surface area (Å²) >= 11 is 7.41. The molecular formula is C15H13ClFN3O2S. The van der Waals surface area contributed by atoms with Crippen molar-refractivity contribution in [1.82, 2.24) is 9.55 Å². The van der Waals surface area contributed by atoms with Crippen molar-refractivity contribution in [1.29, 1.82) is 0 Å². The summed E-state index contributed by atoms with van der Waals surface area (Å²) in [4.78, 5) is 28.5. The molecule has 1 amide bonds. The maximum atomic E-state index is 14.3. The molecule has 0 spiro atoms. The molecule has 1 unspecified atom stereocenters. The van der Waals surface area contributed by atoms with Crippen LogP contribution >= 0.6 is 23.4 Å². The number of fused-ring (bicyclic) bond motifs is 1. The largest absolute Gasteiger partial charge is 0.312 e. The van der Waals surface area contributed by atoms with Crippen LogP contribution in [0.15, 0.2) is 28.2 Å². The third kappa shape index (κ3) is 2.64. The van der Waals surface area contributed by atoms with Crippen LogP contribution in [-0.2, 0) is 11.8 Å². The third-order valence-corrected chi connectivity index (χ3v) is 4.89. The molecular weight excluding hydrogens is 341 g/mol. The maximum Gasteiger partial charge on any atom is 0.279 e. The Kier molecular flexibility index (Phi) is 4.16. The molecule has 0 aliphatic carbocycles. The molecule has 3 rings (SSSR count). The lowest BCUT2D eigenvalue weighted by Crippen LogP contribution is -2.33. The van der Waals surface area contributed by atoms with Gasteiger partial charge in [0.2, 0.25) is 5.91 Å². The van der Waals surface area contributed by atoms with Crippen LogP contribution in [0.25, 0.3) is 0 Å². The van der Waals surface area contributed by atoms with E-state index < -0.39 is 17.3 Å². The molecule has 1 aromatic carbocycles. The van der Waals surface area contributed by atoms with Crippen molar-refractivity contribution >= 4 is 35.1 Å². The van der Waals surface area contributed by atoms with Gasteiger partial charge in [0, 0.05) is 30.0 Å². The summed E-state index contributed by atoms with van der Waals surface area (Å²) in [7, 11) is 1.70. The summed E-state index contributed by atoms with van der Waals surface area (Å²) in [6, 6.07) is 4.29. The van der Waals surface area contributed by atoms with Crippen LogP contribution in [-0.4, -0.2) is 21.7 Å². The lowest BCUT2D eigenvalue weighted by atomic mass is 9.86. The van der Waals surface area contributed by atoms with Crippen molar-refractivity contribution < 1.29 is 9.18 Å². The first-order chi connectivity index (χ1) is 10.9. The van der Waals surface area contributed by atoms with E-state index in [2.05, 4.69) is 10.3 Å². The molecule has 8 heteroatoms. The fourth-order valence-corrected chi connectivity index (χ4v) is 3.64. The van der Waals surface area contributed by atoms with Gasteiger partial charge in [-0.25, -0.2) is 4.39 Å². The van der Waals surface area contributed by atoms with E-state index in [4.69, 9.17) is 11.6 Å². The predicted octanol–water partition coefficient (Wildman–Crippen LogP) is 2.77. The molecule has 1 atom stereocenters. The van der Waals surface area contributed by atoms with Crippen LogP contribution in [0.3, 0.4) is 0 Å². The Hall–Kier alpha value is -1.86. The normalized spacial score (nSPS) is 16.9. The van der Waals surface area contributed by atoms with Crippen LogP contribution in [0.1, 0.15) is 23.5 Å². The van der Waals surface area contributed by atoms with E-state index in [9.17, 15) is 14.0 Å². The van der Waals surface area contributed by atoms with E-state index in [1.807, 2.05) is 0 Å². The minimum Gasteiger partial charge on any atom is -0.312 e. The number of carbonyl (C=O) groups is 1. The van der Waals surface area contributed by atoms with Crippen molar-refractivity contribution in [2.75, 3.05) is 11.6 Å². The van der Waals surface area contributed by atoms with Crippen molar-refractivity contribution in [2.24, 2.45) is 7.05 Å². The van der Waals surface area contributed by atoms with Gasteiger partial charge in [0.1, 0.15) is 11.6 Å². The van der Waals surface area contributed by atoms with Gasteiger partial charge in [0.05, 0.1) is 5.56 Å². The lowest BCUT2D eigenvalue weighted by Gasteiger charge is -2.28. The number of aromatic nitrogens is 2. The monoisotopic (exact) mass is 353 g/mol. The van der Waals surface area contributed by atoms with Gasteiger partial charge in [-0.2, -0.15) is 4.98 Å². The fourth-order valence-electron chi connectivity index (χ4n) is 2.81. The molecule has 1 N–H and O–H groups in total. The number of nitrogens with one attached hydrogen (secondary N) is 1. The highest BCUT2D eigenvalue weighted by atomic mass is 35.5. The highest BCUT2D eigenvalue weighted by Gasteiger charge is 2.34. The van der Waals surface area contributed by atoms with Gasteiger partial charge in [0.25, 0.3) is 5.56 Å². The zero-order chi connectivity index (χ0) is 16.7. The first-order valence-electron chi connectivity index (χ1n) is 6.82. The van der Waals surface area contributed by atoms with Crippen molar-refractivity contribution in [3.8, 4) is 0 Å². The van der Waals surface area contributed by atoms with Gasteiger partial charge in [-0.15, -0.1) is 0 Å². The van der Waals surface area contributed by atoms with E-state index in [-0.39, 0.29) is 28.5 Å². The van der Waals surface area contributed by atoms with Gasteiger partial charge in [-0.1, -0.05) is 29.4 Å². The van der Waals surface area contributed by atoms with E-state index in [0.717, 1.165) is 0 Å². The molecule has 0 saturated carbocycles. The molecule has 5 nitrogen and oxygen atoms in total. The summed E-state index contributed by atoms with van der Waals surface area (Å²) in [5.74, 6) is -1.25. The molecule has 0 bridgehead atoms. The topological polar surface area (TPSA) is 64.0 Å². The van der Waals surface area contributed by atoms with Gasteiger partial charge >= 0.3 is 0 Å². The SMILES string of the molecule is CSc1nc(=O)c2c(n1C)NC(=O)CC2c1c(F)cccc1Cl. The molecule has 23 heavy (non-hydrogen) atoms. The van der Waals surface area contributed by atoms with E-state index in [1.165, 1.54) is 23.9 Å². The minimum absolute atomic E-state index is 0.0524. The van der Waals surface area contributed by atoms with Crippen LogP contribution in [0.5, 0.6) is 0 Å². The zero-order valence-electron chi connectivity index (χ0n) is 12.4. The average molecular weight is 354 g/mol. The van der Waals surface area contributed by atoms with Gasteiger partial charge < -0.3 is 9.88 Å². The highest BCUT2D eigenvalue weighted by Crippen LogP contribution is 2.39. The van der Waals surface area contributed by atoms with Crippen LogP contribution in [0.2, 0.25) is 5.02 Å². The maximum absolute atomic E-state index is 14.3. The molecule has 0 fully saturated rings. The number of amides is 1. The first-order valence-corrected chi connectivity index (χ1v) is 8.43. The van der Waals surface area contributed by atoms with E-state index >= 15 is 0 Å². The van der Waals surface area contributed by atoms with Gasteiger partial charge in [0.15, 0.2) is 5.16 Å². The molecule has 0 radical (unpaired) electrons. The second kappa shape index (κ2) is 5.98. The summed E-state index contributed by atoms with van der Waals surface area (Å²) in [6.07, 6.45) is 1.73. The number of carbonyl (C=O) groups excluding carboxylic acids is 1. The fraction of sp³-hybridized carbons (Fsp3) is 0.267. The van der Waals surface area contributed by atoms with Gasteiger partial charge in [-0.3, -0.25) is 9.59 Å². The lowest BCUT2D eigenvalue weighted by molar-refractivity contribution is -0.116. The van der Waals surface area contributed by atoms with E-state index in [1.54, 1.807) is 23.9 Å². The third-order valence-electron chi connectivity index (χ3n) is 3.83. The zero-order valence-corrected chi connectivity index (χ0v) is 14.0. The second-order valence-electron chi connectivity index (χ2n) is 5.17. The quantitative estimate of drug-likeness (QED) is 0.666. The number of rotatable bonds is 2. The number of benzene rings is 1. The van der Waals surface area contributed by atoms with Crippen LogP contribution < -0.4 is 10.9 Å². The highest BCUT2D eigenvalue weighted by molar-refractivity contribution is 7.98. The standard InChI is InChI=1S/C15H13ClFN3O2S/c1-20-13-12(14(22)19-15(20)23-2)7(6-10(21)18-13)11-8(16)4-3-5-9(11)17/h3-5,7H,6H2,1-2H3,(H,18,21). The summed E-state index contributed by atoms with van der Waals surface area (Å²) in [5.41, 5.74) is -0.0651. The molecule has 0 saturated heterocycles. The van der Waals surface area contributed by atoms with Crippen LogP contribution in [0, 0.1) is 5.82 Å². The van der Waals surface area contributed by atoms with E-state index in [0.29, 0.717) is 11.0 Å². The molecule has 1 aromatic heterocycles. The Morgan fingerprint density at radius 1 is 1.39 bits per heavy atom. The van der Waals surface area contributed by atoms with Crippen LogP contribution in [0.4, 0.5) is 10.2 Å².